The fourth-order valence-corrected chi connectivity index (χ4v) is 0.558. The van der Waals surface area contributed by atoms with Gasteiger partial charge in [0.1, 0.15) is 5.03 Å². The van der Waals surface area contributed by atoms with Crippen LogP contribution in [0.4, 0.5) is 0 Å². The number of hydrogen-bond acceptors (Lipinski definition) is 4. The highest BCUT2D eigenvalue weighted by Gasteiger charge is 1.84. The van der Waals surface area contributed by atoms with Crippen molar-refractivity contribution in [3.05, 3.63) is 18.5 Å². The molecule has 1 aromatic heterocycles. The molecule has 0 aliphatic heterocycles. The monoisotopic (exact) mass is 126 g/mol. The number of rotatable bonds is 1. The van der Waals surface area contributed by atoms with E-state index >= 15 is 0 Å². The average Bonchev–Trinajstić information content (AvgIpc) is 1.90. The summed E-state index contributed by atoms with van der Waals surface area (Å²) in [5, 5.41) is 11.3. The predicted molar refractivity (Wildman–Crippen MR) is 31.0 cm³/mol. The molecule has 0 aliphatic rings. The van der Waals surface area contributed by atoms with Crippen LogP contribution in [0.5, 0.6) is 0 Å². The van der Waals surface area contributed by atoms with Gasteiger partial charge in [-0.25, -0.2) is 0 Å². The summed E-state index contributed by atoms with van der Waals surface area (Å²) in [6.45, 7) is 0. The van der Waals surface area contributed by atoms with Crippen molar-refractivity contribution < 1.29 is 0 Å². The fourth-order valence-electron chi connectivity index (χ4n) is 0.307. The minimum absolute atomic E-state index is 0.792. The lowest BCUT2D eigenvalue weighted by Gasteiger charge is -1.85. The van der Waals surface area contributed by atoms with Gasteiger partial charge in [-0.2, -0.15) is 0 Å². The Morgan fingerprint density at radius 2 is 2.50 bits per heavy atom. The van der Waals surface area contributed by atoms with Gasteiger partial charge < -0.3 is 0 Å². The zero-order chi connectivity index (χ0) is 5.82. The largest absolute Gasteiger partial charge is 0.139 e. The Kier molecular flexibility index (Phi) is 1.80. The van der Waals surface area contributed by atoms with Crippen LogP contribution in [-0.4, -0.2) is 15.4 Å². The number of aromatic nitrogens is 3. The van der Waals surface area contributed by atoms with Crippen molar-refractivity contribution in [1.29, 1.82) is 0 Å². The van der Waals surface area contributed by atoms with Gasteiger partial charge in [-0.05, 0) is 11.3 Å². The molecule has 41 valence electrons. The molecule has 0 amide bonds. The molecule has 8 heavy (non-hydrogen) atoms. The van der Waals surface area contributed by atoms with E-state index in [1.807, 2.05) is 0 Å². The molecule has 0 fully saturated rings. The first kappa shape index (κ1) is 5.50. The highest BCUT2D eigenvalue weighted by Crippen LogP contribution is 2.07. The highest BCUT2D eigenvalue weighted by atomic mass is 32.2. The lowest BCUT2D eigenvalue weighted by Crippen LogP contribution is -1.84. The molecule has 0 unspecified atom stereocenters. The van der Waals surface area contributed by atoms with E-state index in [4.69, 9.17) is 0 Å². The van der Waals surface area contributed by atoms with E-state index < -0.39 is 0 Å². The van der Waals surface area contributed by atoms with E-state index in [0.717, 1.165) is 5.03 Å². The highest BCUT2D eigenvalue weighted by molar-refractivity contribution is 8.00. The zero-order valence-electron chi connectivity index (χ0n) is 4.11. The molecule has 1 heterocycles. The number of hydrogen-bond donors (Lipinski definition) is 0. The average molecular weight is 126 g/mol. The van der Waals surface area contributed by atoms with Gasteiger partial charge in [0, 0.05) is 6.26 Å². The Hall–Kier alpha value is -0.640. The van der Waals surface area contributed by atoms with Crippen molar-refractivity contribution >= 4 is 11.8 Å². The number of nitrogens with zero attached hydrogens (tertiary/aromatic N) is 3. The second-order valence-corrected chi connectivity index (χ2v) is 1.81. The molecule has 3 nitrogen and oxygen atoms in total. The molecule has 0 aromatic carbocycles. The molecular formula is C4H4N3S. The third kappa shape index (κ3) is 1.16. The van der Waals surface area contributed by atoms with Crippen LogP contribution in [-0.2, 0) is 0 Å². The van der Waals surface area contributed by atoms with Crippen LogP contribution in [0, 0.1) is 6.26 Å². The molecule has 0 saturated heterocycles. The Morgan fingerprint density at radius 1 is 1.62 bits per heavy atom. The van der Waals surface area contributed by atoms with Crippen molar-refractivity contribution in [2.24, 2.45) is 0 Å². The summed E-state index contributed by atoms with van der Waals surface area (Å²) in [6.07, 6.45) is 5.13. The van der Waals surface area contributed by atoms with Crippen LogP contribution < -0.4 is 0 Å². The van der Waals surface area contributed by atoms with Gasteiger partial charge in [0.25, 0.3) is 0 Å². The summed E-state index contributed by atoms with van der Waals surface area (Å²) < 4.78 is 0. The summed E-state index contributed by atoms with van der Waals surface area (Å²) in [5.41, 5.74) is 0. The Balaban J connectivity index is 2.83. The third-order valence-electron chi connectivity index (χ3n) is 0.627. The summed E-state index contributed by atoms with van der Waals surface area (Å²) in [7, 11) is 0. The standard InChI is InChI=1S/C4H4N3S/c1-8-4-2-3-5-7-6-4/h2-3H,1H2. The van der Waals surface area contributed by atoms with Crippen molar-refractivity contribution in [3.8, 4) is 0 Å². The topological polar surface area (TPSA) is 38.7 Å². The van der Waals surface area contributed by atoms with E-state index in [1.54, 1.807) is 12.3 Å². The molecule has 0 N–H and O–H groups in total. The molecule has 4 heteroatoms. The molecule has 1 aromatic rings. The van der Waals surface area contributed by atoms with Crippen molar-refractivity contribution in [1.82, 2.24) is 15.4 Å². The van der Waals surface area contributed by atoms with Crippen molar-refractivity contribution in [2.75, 3.05) is 0 Å². The molecule has 0 spiro atoms. The lowest BCUT2D eigenvalue weighted by atomic mass is 10.7. The van der Waals surface area contributed by atoms with Gasteiger partial charge in [0.05, 0.1) is 6.20 Å². The summed E-state index contributed by atoms with van der Waals surface area (Å²) in [5.74, 6) is 0. The van der Waals surface area contributed by atoms with Crippen LogP contribution in [0.1, 0.15) is 0 Å². The van der Waals surface area contributed by atoms with Gasteiger partial charge in [-0.15, -0.1) is 22.0 Å². The van der Waals surface area contributed by atoms with Gasteiger partial charge >= 0.3 is 0 Å². The second-order valence-electron chi connectivity index (χ2n) is 1.10. The molecular weight excluding hydrogens is 122 g/mol. The second kappa shape index (κ2) is 2.61. The first-order valence-electron chi connectivity index (χ1n) is 2.00. The normalized spacial score (nSPS) is 9.12. The Morgan fingerprint density at radius 3 is 2.88 bits per heavy atom. The maximum Gasteiger partial charge on any atom is 0.122 e. The molecule has 1 radical (unpaired) electrons. The smallest absolute Gasteiger partial charge is 0.122 e. The third-order valence-corrected chi connectivity index (χ3v) is 1.14. The lowest BCUT2D eigenvalue weighted by molar-refractivity contribution is 0.805. The minimum atomic E-state index is 0.792. The Bertz CT molecular complexity index is 153. The summed E-state index contributed by atoms with van der Waals surface area (Å²) in [6, 6.07) is 1.75. The maximum absolute atomic E-state index is 3.64. The first-order chi connectivity index (χ1) is 3.93. The van der Waals surface area contributed by atoms with Gasteiger partial charge in [-0.1, -0.05) is 0 Å². The zero-order valence-corrected chi connectivity index (χ0v) is 4.93. The van der Waals surface area contributed by atoms with E-state index in [2.05, 4.69) is 21.7 Å². The fraction of sp³-hybridized carbons (Fsp3) is 0. The minimum Gasteiger partial charge on any atom is -0.139 e. The van der Waals surface area contributed by atoms with Crippen molar-refractivity contribution in [3.63, 3.8) is 0 Å². The molecule has 0 saturated carbocycles. The Labute approximate surface area is 51.5 Å². The maximum atomic E-state index is 3.64. The summed E-state index contributed by atoms with van der Waals surface area (Å²) >= 11 is 1.31. The SMILES string of the molecule is [CH2]Sc1ccnnn1. The van der Waals surface area contributed by atoms with Crippen LogP contribution in [0.2, 0.25) is 0 Å². The van der Waals surface area contributed by atoms with E-state index in [-0.39, 0.29) is 0 Å². The van der Waals surface area contributed by atoms with Crippen LogP contribution in [0.15, 0.2) is 17.3 Å². The molecule has 1 rings (SSSR count). The predicted octanol–water partition coefficient (Wildman–Crippen LogP) is 0.755. The van der Waals surface area contributed by atoms with Crippen LogP contribution in [0.3, 0.4) is 0 Å². The van der Waals surface area contributed by atoms with Crippen LogP contribution in [0.25, 0.3) is 0 Å². The first-order valence-corrected chi connectivity index (χ1v) is 2.98. The van der Waals surface area contributed by atoms with Gasteiger partial charge in [0.15, 0.2) is 0 Å². The van der Waals surface area contributed by atoms with E-state index in [0.29, 0.717) is 0 Å². The quantitative estimate of drug-likeness (QED) is 0.520. The van der Waals surface area contributed by atoms with E-state index in [1.165, 1.54) is 11.8 Å². The summed E-state index contributed by atoms with van der Waals surface area (Å²) in [4.78, 5) is 0. The number of thioether (sulfide) groups is 1. The van der Waals surface area contributed by atoms with E-state index in [9.17, 15) is 0 Å². The molecule has 0 bridgehead atoms. The van der Waals surface area contributed by atoms with Crippen LogP contribution >= 0.6 is 11.8 Å². The molecule has 0 aliphatic carbocycles. The van der Waals surface area contributed by atoms with Crippen molar-refractivity contribution in [2.45, 2.75) is 5.03 Å². The van der Waals surface area contributed by atoms with Gasteiger partial charge in [0.2, 0.25) is 0 Å². The molecule has 0 atom stereocenters. The van der Waals surface area contributed by atoms with Gasteiger partial charge in [-0.3, -0.25) is 0 Å².